The van der Waals surface area contributed by atoms with Gasteiger partial charge in [0.2, 0.25) is 0 Å². The fourth-order valence-electron chi connectivity index (χ4n) is 3.25. The van der Waals surface area contributed by atoms with Crippen molar-refractivity contribution in [3.05, 3.63) is 82.0 Å². The van der Waals surface area contributed by atoms with Gasteiger partial charge < -0.3 is 19.6 Å². The van der Waals surface area contributed by atoms with Crippen LogP contribution in [-0.4, -0.2) is 23.8 Å². The van der Waals surface area contributed by atoms with Crippen LogP contribution in [0.15, 0.2) is 74.5 Å². The smallest absolute Gasteiger partial charge is 0.291 e. The van der Waals surface area contributed by atoms with Gasteiger partial charge in [-0.3, -0.25) is 9.79 Å². The van der Waals surface area contributed by atoms with Crippen molar-refractivity contribution in [2.24, 2.45) is 4.99 Å². The number of aromatic hydroxyl groups is 1. The molecule has 0 saturated carbocycles. The molecular weight excluding hydrogens is 472 g/mol. The van der Waals surface area contributed by atoms with Gasteiger partial charge in [0.05, 0.1) is 12.3 Å². The van der Waals surface area contributed by atoms with Crippen molar-refractivity contribution < 1.29 is 19.1 Å². The lowest BCUT2D eigenvalue weighted by molar-refractivity contribution is 0.0998. The Balaban J connectivity index is 1.51. The Morgan fingerprint density at radius 1 is 1.19 bits per heavy atom. The van der Waals surface area contributed by atoms with Crippen molar-refractivity contribution in [1.82, 2.24) is 0 Å². The molecule has 0 bridgehead atoms. The third-order valence-corrected chi connectivity index (χ3v) is 5.29. The summed E-state index contributed by atoms with van der Waals surface area (Å²) in [6, 6.07) is 18.1. The largest absolute Gasteiger partial charge is 0.504 e. The third-order valence-electron chi connectivity index (χ3n) is 4.83. The minimum atomic E-state index is -0.317. The molecule has 2 N–H and O–H groups in total. The molecule has 6 nitrogen and oxygen atoms in total. The van der Waals surface area contributed by atoms with Gasteiger partial charge in [0.1, 0.15) is 5.58 Å². The van der Waals surface area contributed by atoms with Crippen molar-refractivity contribution in [2.75, 3.05) is 11.9 Å². The number of rotatable bonds is 6. The Hall–Kier alpha value is -3.58. The minimum Gasteiger partial charge on any atom is -0.504 e. The number of carbonyl (C=O) groups excluding carboxylic acids is 1. The monoisotopic (exact) mass is 492 g/mol. The first-order chi connectivity index (χ1) is 15.4. The van der Waals surface area contributed by atoms with Crippen LogP contribution in [0, 0.1) is 6.92 Å². The lowest BCUT2D eigenvalue weighted by atomic mass is 10.1. The SMILES string of the molecule is CCOc1cc(Br)cc(C=Nc2ccc(NC(=O)c3cc4ccccc4o3)c(C)c2)c1O. The summed E-state index contributed by atoms with van der Waals surface area (Å²) in [6.07, 6.45) is 1.57. The van der Waals surface area contributed by atoms with E-state index in [9.17, 15) is 9.90 Å². The molecule has 0 fully saturated rings. The molecule has 1 heterocycles. The molecule has 0 atom stereocenters. The van der Waals surface area contributed by atoms with E-state index in [0.717, 1.165) is 15.4 Å². The molecule has 0 saturated heterocycles. The Labute approximate surface area is 193 Å². The lowest BCUT2D eigenvalue weighted by Gasteiger charge is -2.09. The van der Waals surface area contributed by atoms with Crippen molar-refractivity contribution in [3.8, 4) is 11.5 Å². The molecule has 3 aromatic carbocycles. The molecule has 162 valence electrons. The van der Waals surface area contributed by atoms with E-state index in [-0.39, 0.29) is 17.4 Å². The maximum Gasteiger partial charge on any atom is 0.291 e. The standard InChI is InChI=1S/C25H21BrN2O4/c1-3-31-22-13-18(26)11-17(24(22)29)14-27-19-8-9-20(15(2)10-19)28-25(30)23-12-16-6-4-5-7-21(16)32-23/h4-14,29H,3H2,1-2H3,(H,28,30). The summed E-state index contributed by atoms with van der Waals surface area (Å²) in [5.41, 5.74) is 3.39. The highest BCUT2D eigenvalue weighted by Gasteiger charge is 2.14. The molecular formula is C25H21BrN2O4. The molecule has 7 heteroatoms. The van der Waals surface area contributed by atoms with Crippen LogP contribution in [0.25, 0.3) is 11.0 Å². The second-order valence-corrected chi connectivity index (χ2v) is 8.05. The van der Waals surface area contributed by atoms with Gasteiger partial charge in [0, 0.05) is 27.3 Å². The average molecular weight is 493 g/mol. The van der Waals surface area contributed by atoms with Crippen LogP contribution in [-0.2, 0) is 0 Å². The fraction of sp³-hybridized carbons (Fsp3) is 0.120. The number of nitrogens with one attached hydrogen (secondary N) is 1. The number of aliphatic imine (C=N–C) groups is 1. The molecule has 0 unspecified atom stereocenters. The number of ether oxygens (including phenoxy) is 1. The van der Waals surface area contributed by atoms with Gasteiger partial charge >= 0.3 is 0 Å². The molecule has 4 rings (SSSR count). The number of nitrogens with zero attached hydrogens (tertiary/aromatic N) is 1. The number of hydrogen-bond acceptors (Lipinski definition) is 5. The van der Waals surface area contributed by atoms with Gasteiger partial charge in [0.25, 0.3) is 5.91 Å². The van der Waals surface area contributed by atoms with Crippen LogP contribution in [0.2, 0.25) is 0 Å². The van der Waals surface area contributed by atoms with E-state index in [1.165, 1.54) is 0 Å². The molecule has 1 aromatic heterocycles. The van der Waals surface area contributed by atoms with E-state index >= 15 is 0 Å². The predicted molar refractivity (Wildman–Crippen MR) is 130 cm³/mol. The number of furan rings is 1. The number of phenolic OH excluding ortho intramolecular Hbond substituents is 1. The number of carbonyl (C=O) groups is 1. The quantitative estimate of drug-likeness (QED) is 0.296. The van der Waals surface area contributed by atoms with E-state index in [0.29, 0.717) is 34.9 Å². The number of hydrogen-bond donors (Lipinski definition) is 2. The fourth-order valence-corrected chi connectivity index (χ4v) is 3.70. The summed E-state index contributed by atoms with van der Waals surface area (Å²) in [7, 11) is 0. The number of aryl methyl sites for hydroxylation is 1. The first-order valence-electron chi connectivity index (χ1n) is 10.0. The molecule has 0 radical (unpaired) electrons. The van der Waals surface area contributed by atoms with Crippen molar-refractivity contribution in [1.29, 1.82) is 0 Å². The summed E-state index contributed by atoms with van der Waals surface area (Å²) < 4.78 is 11.9. The second kappa shape index (κ2) is 9.28. The van der Waals surface area contributed by atoms with Crippen molar-refractivity contribution in [2.45, 2.75) is 13.8 Å². The molecule has 0 aliphatic rings. The molecule has 1 amide bonds. The maximum absolute atomic E-state index is 12.6. The number of amides is 1. The number of phenols is 1. The highest BCUT2D eigenvalue weighted by molar-refractivity contribution is 9.10. The van der Waals surface area contributed by atoms with E-state index in [2.05, 4.69) is 26.2 Å². The zero-order chi connectivity index (χ0) is 22.7. The Morgan fingerprint density at radius 2 is 2.00 bits per heavy atom. The van der Waals surface area contributed by atoms with Gasteiger partial charge in [-0.1, -0.05) is 34.1 Å². The van der Waals surface area contributed by atoms with Crippen molar-refractivity contribution in [3.63, 3.8) is 0 Å². The molecule has 4 aromatic rings. The normalized spacial score (nSPS) is 11.2. The molecule has 32 heavy (non-hydrogen) atoms. The van der Waals surface area contributed by atoms with Gasteiger partial charge in [-0.15, -0.1) is 0 Å². The number of benzene rings is 3. The van der Waals surface area contributed by atoms with Gasteiger partial charge in [-0.05, 0) is 61.9 Å². The van der Waals surface area contributed by atoms with Crippen LogP contribution in [0.5, 0.6) is 11.5 Å². The second-order valence-electron chi connectivity index (χ2n) is 7.13. The van der Waals surface area contributed by atoms with Crippen LogP contribution in [0.4, 0.5) is 11.4 Å². The number of fused-ring (bicyclic) bond motifs is 1. The average Bonchev–Trinajstić information content (AvgIpc) is 3.21. The van der Waals surface area contributed by atoms with Crippen LogP contribution < -0.4 is 10.1 Å². The topological polar surface area (TPSA) is 84.1 Å². The summed E-state index contributed by atoms with van der Waals surface area (Å²) in [4.78, 5) is 17.1. The van der Waals surface area contributed by atoms with Crippen molar-refractivity contribution >= 4 is 50.4 Å². The van der Waals surface area contributed by atoms with Gasteiger partial charge in [-0.25, -0.2) is 0 Å². The first-order valence-corrected chi connectivity index (χ1v) is 10.8. The molecule has 0 aliphatic carbocycles. The number of halogens is 1. The maximum atomic E-state index is 12.6. The summed E-state index contributed by atoms with van der Waals surface area (Å²) >= 11 is 3.42. The Morgan fingerprint density at radius 3 is 2.75 bits per heavy atom. The summed E-state index contributed by atoms with van der Waals surface area (Å²) in [6.45, 7) is 4.18. The minimum absolute atomic E-state index is 0.0326. The van der Waals surface area contributed by atoms with Gasteiger partial charge in [-0.2, -0.15) is 0 Å². The number of para-hydroxylation sites is 1. The van der Waals surface area contributed by atoms with Crippen LogP contribution in [0.3, 0.4) is 0 Å². The van der Waals surface area contributed by atoms with E-state index in [4.69, 9.17) is 9.15 Å². The highest BCUT2D eigenvalue weighted by Crippen LogP contribution is 2.33. The first kappa shape index (κ1) is 21.6. The van der Waals surface area contributed by atoms with Gasteiger partial charge in [0.15, 0.2) is 17.3 Å². The molecule has 0 spiro atoms. The lowest BCUT2D eigenvalue weighted by Crippen LogP contribution is -2.11. The van der Waals surface area contributed by atoms with E-state index in [1.807, 2.05) is 44.2 Å². The zero-order valence-electron chi connectivity index (χ0n) is 17.6. The Kier molecular flexibility index (Phi) is 6.28. The van der Waals surface area contributed by atoms with Crippen LogP contribution in [0.1, 0.15) is 28.6 Å². The zero-order valence-corrected chi connectivity index (χ0v) is 19.1. The van der Waals surface area contributed by atoms with E-state index < -0.39 is 0 Å². The van der Waals surface area contributed by atoms with Crippen LogP contribution >= 0.6 is 15.9 Å². The summed E-state index contributed by atoms with van der Waals surface area (Å²) in [5, 5.41) is 14.1. The molecule has 0 aliphatic heterocycles. The highest BCUT2D eigenvalue weighted by atomic mass is 79.9. The predicted octanol–water partition coefficient (Wildman–Crippen LogP) is 6.61. The number of anilines is 1. The van der Waals surface area contributed by atoms with E-state index in [1.54, 1.807) is 36.5 Å². The third kappa shape index (κ3) is 4.68. The Bertz CT molecular complexity index is 1290. The summed E-state index contributed by atoms with van der Waals surface area (Å²) in [5.74, 6) is 0.361.